The van der Waals surface area contributed by atoms with Gasteiger partial charge in [-0.15, -0.1) is 23.2 Å². The van der Waals surface area contributed by atoms with Gasteiger partial charge in [-0.3, -0.25) is 5.32 Å². The van der Waals surface area contributed by atoms with Crippen LogP contribution in [0.2, 0.25) is 0 Å². The molecule has 0 aliphatic carbocycles. The van der Waals surface area contributed by atoms with Gasteiger partial charge in [0.15, 0.2) is 0 Å². The lowest BCUT2D eigenvalue weighted by molar-refractivity contribution is 0.256. The molecule has 134 valence electrons. The maximum Gasteiger partial charge on any atom is 0.335 e. The molecule has 2 rings (SSSR count). The molecule has 0 fully saturated rings. The molecule has 0 aliphatic rings. The van der Waals surface area contributed by atoms with Crippen LogP contribution < -0.4 is 14.8 Å². The number of benzene rings is 1. The summed E-state index contributed by atoms with van der Waals surface area (Å²) in [5, 5.41) is 2.23. The average molecular weight is 405 g/mol. The Bertz CT molecular complexity index is 890. The van der Waals surface area contributed by atoms with E-state index in [1.54, 1.807) is 19.1 Å². The van der Waals surface area contributed by atoms with Crippen molar-refractivity contribution in [3.05, 3.63) is 41.6 Å². The van der Waals surface area contributed by atoms with Crippen LogP contribution in [0, 0.1) is 6.92 Å². The van der Waals surface area contributed by atoms with Crippen molar-refractivity contribution < 1.29 is 17.9 Å². The predicted octanol–water partition coefficient (Wildman–Crippen LogP) is 2.78. The standard InChI is InChI=1S/C14H14Cl2N4O4S/c1-8-7-11(24-2)18-13(17-8)19-14(21)20-25(22,23)10-6-4-3-5-9(10)12(15)16/h3-7,12H,1-2H3,(H2,17,18,19,20,21). The third-order valence-electron chi connectivity index (χ3n) is 2.94. The first-order chi connectivity index (χ1) is 11.7. The lowest BCUT2D eigenvalue weighted by atomic mass is 10.2. The van der Waals surface area contributed by atoms with Crippen molar-refractivity contribution >= 4 is 45.2 Å². The third-order valence-corrected chi connectivity index (χ3v) is 4.81. The van der Waals surface area contributed by atoms with E-state index >= 15 is 0 Å². The Morgan fingerprint density at radius 3 is 2.56 bits per heavy atom. The number of amides is 2. The Morgan fingerprint density at radius 2 is 1.92 bits per heavy atom. The highest BCUT2D eigenvalue weighted by Gasteiger charge is 2.23. The normalized spacial score (nSPS) is 11.2. The minimum atomic E-state index is -4.20. The molecule has 0 spiro atoms. The minimum absolute atomic E-state index is 0.106. The molecule has 0 saturated carbocycles. The van der Waals surface area contributed by atoms with E-state index in [9.17, 15) is 13.2 Å². The lowest BCUT2D eigenvalue weighted by Crippen LogP contribution is -2.35. The number of ether oxygens (including phenoxy) is 1. The summed E-state index contributed by atoms with van der Waals surface area (Å²) in [5.74, 6) is 0.119. The van der Waals surface area contributed by atoms with Crippen LogP contribution in [-0.4, -0.2) is 31.5 Å². The second kappa shape index (κ2) is 7.85. The van der Waals surface area contributed by atoms with Crippen LogP contribution in [0.15, 0.2) is 35.2 Å². The van der Waals surface area contributed by atoms with Crippen molar-refractivity contribution in [3.8, 4) is 5.88 Å². The number of nitrogens with zero attached hydrogens (tertiary/aromatic N) is 2. The van der Waals surface area contributed by atoms with E-state index in [1.807, 2.05) is 4.72 Å². The molecule has 0 aliphatic heterocycles. The first kappa shape index (κ1) is 19.2. The van der Waals surface area contributed by atoms with Gasteiger partial charge in [0.05, 0.1) is 12.0 Å². The highest BCUT2D eigenvalue weighted by Crippen LogP contribution is 2.30. The number of carbonyl (C=O) groups excluding carboxylic acids is 1. The number of nitrogens with one attached hydrogen (secondary N) is 2. The van der Waals surface area contributed by atoms with Crippen LogP contribution >= 0.6 is 23.2 Å². The Morgan fingerprint density at radius 1 is 1.24 bits per heavy atom. The van der Waals surface area contributed by atoms with E-state index in [2.05, 4.69) is 15.3 Å². The van der Waals surface area contributed by atoms with Gasteiger partial charge < -0.3 is 4.74 Å². The van der Waals surface area contributed by atoms with Crippen LogP contribution in [0.3, 0.4) is 0 Å². The molecule has 1 aromatic carbocycles. The maximum atomic E-state index is 12.4. The SMILES string of the molecule is COc1cc(C)nc(NC(=O)NS(=O)(=O)c2ccccc2C(Cl)Cl)n1. The van der Waals surface area contributed by atoms with Gasteiger partial charge in [-0.2, -0.15) is 4.98 Å². The molecule has 0 radical (unpaired) electrons. The van der Waals surface area contributed by atoms with E-state index in [1.165, 1.54) is 25.3 Å². The van der Waals surface area contributed by atoms with Crippen LogP contribution in [0.25, 0.3) is 0 Å². The Balaban J connectivity index is 2.21. The van der Waals surface area contributed by atoms with Crippen LogP contribution in [0.4, 0.5) is 10.7 Å². The molecule has 0 atom stereocenters. The molecule has 8 nitrogen and oxygen atoms in total. The average Bonchev–Trinajstić information content (AvgIpc) is 2.53. The van der Waals surface area contributed by atoms with Crippen molar-refractivity contribution in [3.63, 3.8) is 0 Å². The first-order valence-electron chi connectivity index (χ1n) is 6.83. The zero-order valence-corrected chi connectivity index (χ0v) is 15.5. The van der Waals surface area contributed by atoms with Crippen molar-refractivity contribution in [2.75, 3.05) is 12.4 Å². The van der Waals surface area contributed by atoms with Gasteiger partial charge in [-0.05, 0) is 13.0 Å². The number of sulfonamides is 1. The van der Waals surface area contributed by atoms with E-state index in [4.69, 9.17) is 27.9 Å². The molecule has 2 N–H and O–H groups in total. The van der Waals surface area contributed by atoms with Crippen molar-refractivity contribution in [2.45, 2.75) is 16.7 Å². The van der Waals surface area contributed by atoms with Gasteiger partial charge in [0.1, 0.15) is 4.84 Å². The van der Waals surface area contributed by atoms with E-state index < -0.39 is 20.9 Å². The third kappa shape index (κ3) is 4.94. The minimum Gasteiger partial charge on any atom is -0.481 e. The molecular formula is C14H14Cl2N4O4S. The molecule has 0 unspecified atom stereocenters. The number of halogens is 2. The van der Waals surface area contributed by atoms with Crippen molar-refractivity contribution in [1.29, 1.82) is 0 Å². The molecule has 1 heterocycles. The molecule has 2 amide bonds. The van der Waals surface area contributed by atoms with Gasteiger partial charge >= 0.3 is 6.03 Å². The Kier molecular flexibility index (Phi) is 6.04. The quantitative estimate of drug-likeness (QED) is 0.741. The molecule has 0 bridgehead atoms. The number of aromatic nitrogens is 2. The molecule has 1 aromatic heterocycles. The summed E-state index contributed by atoms with van der Waals surface area (Å²) >= 11 is 11.5. The smallest absolute Gasteiger partial charge is 0.335 e. The fourth-order valence-corrected chi connectivity index (χ4v) is 3.58. The fourth-order valence-electron chi connectivity index (χ4n) is 1.91. The van der Waals surface area contributed by atoms with Gasteiger partial charge in [-0.1, -0.05) is 18.2 Å². The number of anilines is 1. The second-order valence-corrected chi connectivity index (χ2v) is 7.52. The van der Waals surface area contributed by atoms with Gasteiger partial charge in [0.2, 0.25) is 11.8 Å². The zero-order chi connectivity index (χ0) is 18.6. The van der Waals surface area contributed by atoms with E-state index in [-0.39, 0.29) is 22.3 Å². The van der Waals surface area contributed by atoms with Crippen LogP contribution in [-0.2, 0) is 10.0 Å². The monoisotopic (exact) mass is 404 g/mol. The Hall–Kier alpha value is -2.10. The highest BCUT2D eigenvalue weighted by molar-refractivity contribution is 7.90. The highest BCUT2D eigenvalue weighted by atomic mass is 35.5. The number of carbonyl (C=O) groups is 1. The zero-order valence-electron chi connectivity index (χ0n) is 13.2. The summed E-state index contributed by atoms with van der Waals surface area (Å²) in [5.41, 5.74) is 0.682. The first-order valence-corrected chi connectivity index (χ1v) is 9.19. The molecule has 11 heteroatoms. The van der Waals surface area contributed by atoms with Crippen molar-refractivity contribution in [1.82, 2.24) is 14.7 Å². The number of urea groups is 1. The summed E-state index contributed by atoms with van der Waals surface area (Å²) in [6.45, 7) is 1.67. The van der Waals surface area contributed by atoms with Gasteiger partial charge in [0.25, 0.3) is 10.0 Å². The maximum absolute atomic E-state index is 12.4. The summed E-state index contributed by atoms with van der Waals surface area (Å²) in [4.78, 5) is 18.6. The fraction of sp³-hybridized carbons (Fsp3) is 0.214. The summed E-state index contributed by atoms with van der Waals surface area (Å²) in [6, 6.07) is 6.32. The molecule has 0 saturated heterocycles. The number of alkyl halides is 2. The summed E-state index contributed by atoms with van der Waals surface area (Å²) < 4.78 is 31.6. The lowest BCUT2D eigenvalue weighted by Gasteiger charge is -2.12. The molecule has 25 heavy (non-hydrogen) atoms. The molecule has 2 aromatic rings. The molecular weight excluding hydrogens is 391 g/mol. The number of rotatable bonds is 5. The number of hydrogen-bond acceptors (Lipinski definition) is 6. The van der Waals surface area contributed by atoms with Crippen LogP contribution in [0.1, 0.15) is 16.1 Å². The van der Waals surface area contributed by atoms with Crippen LogP contribution in [0.5, 0.6) is 5.88 Å². The van der Waals surface area contributed by atoms with Gasteiger partial charge in [-0.25, -0.2) is 22.9 Å². The number of hydrogen-bond donors (Lipinski definition) is 2. The number of methoxy groups -OCH3 is 1. The topological polar surface area (TPSA) is 110 Å². The predicted molar refractivity (Wildman–Crippen MR) is 93.6 cm³/mol. The summed E-state index contributed by atoms with van der Waals surface area (Å²) in [6.07, 6.45) is 0. The largest absolute Gasteiger partial charge is 0.481 e. The van der Waals surface area contributed by atoms with Gasteiger partial charge in [0, 0.05) is 17.3 Å². The van der Waals surface area contributed by atoms with Crippen molar-refractivity contribution in [2.24, 2.45) is 0 Å². The summed E-state index contributed by atoms with van der Waals surface area (Å²) in [7, 11) is -2.79. The second-order valence-electron chi connectivity index (χ2n) is 4.77. The van der Waals surface area contributed by atoms with E-state index in [0.29, 0.717) is 5.69 Å². The Labute approximate surface area is 154 Å². The number of aryl methyl sites for hydroxylation is 1. The van der Waals surface area contributed by atoms with E-state index in [0.717, 1.165) is 0 Å².